The van der Waals surface area contributed by atoms with Crippen molar-refractivity contribution in [3.8, 4) is 77.9 Å². The third kappa shape index (κ3) is 8.18. The predicted molar refractivity (Wildman–Crippen MR) is 294 cm³/mol. The molecule has 0 spiro atoms. The Kier molecular flexibility index (Phi) is 11.0. The van der Waals surface area contributed by atoms with Crippen molar-refractivity contribution in [2.45, 2.75) is 0 Å². The average Bonchev–Trinajstić information content (AvgIpc) is 3.44. The zero-order valence-corrected chi connectivity index (χ0v) is 38.1. The van der Waals surface area contributed by atoms with Gasteiger partial charge in [-0.25, -0.2) is 0 Å². The summed E-state index contributed by atoms with van der Waals surface area (Å²) in [7, 11) is 0. The van der Waals surface area contributed by atoms with Crippen LogP contribution in [-0.2, 0) is 0 Å². The molecule has 0 bridgehead atoms. The summed E-state index contributed by atoms with van der Waals surface area (Å²) in [6.07, 6.45) is 0. The van der Waals surface area contributed by atoms with Crippen molar-refractivity contribution in [1.29, 1.82) is 0 Å². The zero-order valence-electron chi connectivity index (χ0n) is 38.1. The molecular formula is C68H47N. The quantitative estimate of drug-likeness (QED) is 0.132. The molecule has 0 amide bonds. The van der Waals surface area contributed by atoms with Crippen LogP contribution in [0, 0.1) is 0 Å². The molecule has 69 heavy (non-hydrogen) atoms. The SMILES string of the molecule is c1ccc(-c2ccccc2-c2ccccc2-c2ccccc2N(c2ccc(-c3ccc(-c4ccc5ccccc5c4)cc3)cc2)c2ccc(-c3ccc(-c4cccc5ccccc45)cc3)cc2)cc1. The molecule has 12 aromatic carbocycles. The van der Waals surface area contributed by atoms with Crippen LogP contribution < -0.4 is 4.90 Å². The van der Waals surface area contributed by atoms with Crippen molar-refractivity contribution in [3.05, 3.63) is 285 Å². The van der Waals surface area contributed by atoms with Crippen molar-refractivity contribution < 1.29 is 0 Å². The first-order valence-electron chi connectivity index (χ1n) is 23.7. The lowest BCUT2D eigenvalue weighted by Gasteiger charge is -2.29. The predicted octanol–water partition coefficient (Wildman–Crippen LogP) is 19.1. The van der Waals surface area contributed by atoms with E-state index >= 15 is 0 Å². The van der Waals surface area contributed by atoms with Crippen molar-refractivity contribution in [2.24, 2.45) is 0 Å². The first-order chi connectivity index (χ1) is 34.2. The van der Waals surface area contributed by atoms with Crippen molar-refractivity contribution >= 4 is 38.6 Å². The van der Waals surface area contributed by atoms with Gasteiger partial charge in [-0.15, -0.1) is 0 Å². The topological polar surface area (TPSA) is 3.24 Å². The van der Waals surface area contributed by atoms with Gasteiger partial charge in [0.05, 0.1) is 5.69 Å². The molecule has 1 heteroatoms. The summed E-state index contributed by atoms with van der Waals surface area (Å²) in [5.41, 5.74) is 20.0. The Hall–Kier alpha value is -9.04. The molecule has 324 valence electrons. The van der Waals surface area contributed by atoms with E-state index in [0.717, 1.165) is 22.6 Å². The maximum Gasteiger partial charge on any atom is 0.0540 e. The molecule has 0 heterocycles. The highest BCUT2D eigenvalue weighted by Gasteiger charge is 2.21. The fourth-order valence-electron chi connectivity index (χ4n) is 10.0. The summed E-state index contributed by atoms with van der Waals surface area (Å²) in [5, 5.41) is 5.03. The molecule has 0 N–H and O–H groups in total. The second kappa shape index (κ2) is 18.3. The second-order valence-corrected chi connectivity index (χ2v) is 17.6. The van der Waals surface area contributed by atoms with E-state index in [1.165, 1.54) is 93.9 Å². The lowest BCUT2D eigenvalue weighted by atomic mass is 9.88. The Balaban J connectivity index is 0.926. The summed E-state index contributed by atoms with van der Waals surface area (Å²) in [6.45, 7) is 0. The van der Waals surface area contributed by atoms with Gasteiger partial charge in [0.25, 0.3) is 0 Å². The Morgan fingerprint density at radius 3 is 1.19 bits per heavy atom. The Bertz CT molecular complexity index is 3730. The van der Waals surface area contributed by atoms with Gasteiger partial charge < -0.3 is 4.90 Å². The highest BCUT2D eigenvalue weighted by molar-refractivity contribution is 5.99. The number of rotatable bonds is 10. The second-order valence-electron chi connectivity index (χ2n) is 17.6. The highest BCUT2D eigenvalue weighted by atomic mass is 15.1. The molecule has 0 radical (unpaired) electrons. The molecule has 0 aliphatic heterocycles. The first-order valence-corrected chi connectivity index (χ1v) is 23.7. The van der Waals surface area contributed by atoms with E-state index in [4.69, 9.17) is 0 Å². The van der Waals surface area contributed by atoms with Gasteiger partial charge in [0.2, 0.25) is 0 Å². The fourth-order valence-corrected chi connectivity index (χ4v) is 10.0. The van der Waals surface area contributed by atoms with Crippen LogP contribution in [0.3, 0.4) is 0 Å². The van der Waals surface area contributed by atoms with Crippen LogP contribution in [0.15, 0.2) is 285 Å². The highest BCUT2D eigenvalue weighted by Crippen LogP contribution is 2.46. The van der Waals surface area contributed by atoms with Gasteiger partial charge in [-0.2, -0.15) is 0 Å². The van der Waals surface area contributed by atoms with Crippen LogP contribution in [0.25, 0.3) is 99.4 Å². The summed E-state index contributed by atoms with van der Waals surface area (Å²) in [6, 6.07) is 104. The van der Waals surface area contributed by atoms with Crippen LogP contribution >= 0.6 is 0 Å². The van der Waals surface area contributed by atoms with Crippen LogP contribution in [-0.4, -0.2) is 0 Å². The van der Waals surface area contributed by atoms with Crippen LogP contribution in [0.5, 0.6) is 0 Å². The summed E-state index contributed by atoms with van der Waals surface area (Å²) < 4.78 is 0. The number of hydrogen-bond acceptors (Lipinski definition) is 1. The molecule has 0 saturated heterocycles. The van der Waals surface area contributed by atoms with Crippen LogP contribution in [0.2, 0.25) is 0 Å². The Morgan fingerprint density at radius 2 is 0.565 bits per heavy atom. The van der Waals surface area contributed by atoms with Crippen LogP contribution in [0.1, 0.15) is 0 Å². The smallest absolute Gasteiger partial charge is 0.0540 e. The van der Waals surface area contributed by atoms with E-state index in [-0.39, 0.29) is 0 Å². The van der Waals surface area contributed by atoms with E-state index in [9.17, 15) is 0 Å². The number of benzene rings is 12. The fraction of sp³-hybridized carbons (Fsp3) is 0. The third-order valence-corrected chi connectivity index (χ3v) is 13.5. The molecule has 0 fully saturated rings. The number of hydrogen-bond donors (Lipinski definition) is 0. The maximum absolute atomic E-state index is 2.41. The van der Waals surface area contributed by atoms with Gasteiger partial charge in [-0.05, 0) is 130 Å². The van der Waals surface area contributed by atoms with E-state index < -0.39 is 0 Å². The van der Waals surface area contributed by atoms with E-state index in [1.54, 1.807) is 0 Å². The molecule has 0 aromatic heterocycles. The summed E-state index contributed by atoms with van der Waals surface area (Å²) in [4.78, 5) is 2.41. The molecule has 0 unspecified atom stereocenters. The van der Waals surface area contributed by atoms with Crippen molar-refractivity contribution in [2.75, 3.05) is 4.90 Å². The summed E-state index contributed by atoms with van der Waals surface area (Å²) >= 11 is 0. The minimum absolute atomic E-state index is 1.08. The number of fused-ring (bicyclic) bond motifs is 2. The third-order valence-electron chi connectivity index (χ3n) is 13.5. The molecule has 1 nitrogen and oxygen atoms in total. The normalized spacial score (nSPS) is 11.2. The largest absolute Gasteiger partial charge is 0.310 e. The van der Waals surface area contributed by atoms with E-state index in [0.29, 0.717) is 0 Å². The Labute approximate surface area is 404 Å². The van der Waals surface area contributed by atoms with Crippen LogP contribution in [0.4, 0.5) is 17.1 Å². The lowest BCUT2D eigenvalue weighted by molar-refractivity contribution is 1.28. The van der Waals surface area contributed by atoms with E-state index in [1.807, 2.05) is 0 Å². The monoisotopic (exact) mass is 877 g/mol. The number of para-hydroxylation sites is 1. The molecular weight excluding hydrogens is 831 g/mol. The minimum atomic E-state index is 1.08. The van der Waals surface area contributed by atoms with Crippen molar-refractivity contribution in [3.63, 3.8) is 0 Å². The minimum Gasteiger partial charge on any atom is -0.310 e. The lowest BCUT2D eigenvalue weighted by Crippen LogP contribution is -2.11. The Morgan fingerprint density at radius 1 is 0.188 bits per heavy atom. The molecule has 12 aromatic rings. The van der Waals surface area contributed by atoms with Gasteiger partial charge in [0, 0.05) is 16.9 Å². The van der Waals surface area contributed by atoms with Gasteiger partial charge in [-0.3, -0.25) is 0 Å². The standard InChI is InChI=1S/C68H47N/c1-2-16-54(17-3-1)63-22-8-9-23-64(63)65-24-10-11-25-66(65)67-26-12-13-28-68(67)69(59-43-39-51(40-44-59)49-29-31-53(32-30-49)58-38-35-48-15-4-5-19-57(48)47-58)60-45-41-52(42-46-60)50-33-36-56(37-34-50)62-27-14-20-55-18-6-7-21-61(55)62/h1-47H. The average molecular weight is 878 g/mol. The maximum atomic E-state index is 2.41. The van der Waals surface area contributed by atoms with Gasteiger partial charge in [0.1, 0.15) is 0 Å². The molecule has 0 aliphatic rings. The number of nitrogens with zero attached hydrogens (tertiary/aromatic N) is 1. The molecule has 0 atom stereocenters. The van der Waals surface area contributed by atoms with Gasteiger partial charge in [-0.1, -0.05) is 249 Å². The van der Waals surface area contributed by atoms with E-state index in [2.05, 4.69) is 290 Å². The zero-order chi connectivity index (χ0) is 45.9. The van der Waals surface area contributed by atoms with Crippen molar-refractivity contribution in [1.82, 2.24) is 0 Å². The first kappa shape index (κ1) is 41.4. The molecule has 0 saturated carbocycles. The van der Waals surface area contributed by atoms with Gasteiger partial charge in [0.15, 0.2) is 0 Å². The number of anilines is 3. The molecule has 0 aliphatic carbocycles. The molecule has 12 rings (SSSR count). The summed E-state index contributed by atoms with van der Waals surface area (Å²) in [5.74, 6) is 0. The van der Waals surface area contributed by atoms with Gasteiger partial charge >= 0.3 is 0 Å².